The van der Waals surface area contributed by atoms with Crippen LogP contribution in [0.4, 0.5) is 0 Å². The third-order valence-electron chi connectivity index (χ3n) is 2.94. The Labute approximate surface area is 156 Å². The van der Waals surface area contributed by atoms with Gasteiger partial charge in [0.2, 0.25) is 5.91 Å². The van der Waals surface area contributed by atoms with Crippen molar-refractivity contribution in [1.29, 1.82) is 0 Å². The molecule has 0 spiro atoms. The molecule has 0 heterocycles. The Kier molecular flexibility index (Phi) is 15.4. The fourth-order valence-corrected chi connectivity index (χ4v) is 1.67. The Morgan fingerprint density at radius 3 is 1.88 bits per heavy atom. The van der Waals surface area contributed by atoms with Gasteiger partial charge in [0.1, 0.15) is 13.2 Å². The van der Waals surface area contributed by atoms with Crippen molar-refractivity contribution in [2.75, 3.05) is 72.5 Å². The van der Waals surface area contributed by atoms with Gasteiger partial charge in [0.15, 0.2) is 5.78 Å². The maximum Gasteiger partial charge on any atom is 0.246 e. The molecule has 0 atom stereocenters. The van der Waals surface area contributed by atoms with Gasteiger partial charge in [-0.25, -0.2) is 0 Å². The number of carbonyl (C=O) groups excluding carboxylic acids is 2. The number of rotatable bonds is 17. The minimum atomic E-state index is -0.298. The van der Waals surface area contributed by atoms with Crippen molar-refractivity contribution in [2.45, 2.75) is 26.3 Å². The van der Waals surface area contributed by atoms with Crippen molar-refractivity contribution in [3.05, 3.63) is 0 Å². The largest absolute Gasteiger partial charge is 0.378 e. The second kappa shape index (κ2) is 16.1. The van der Waals surface area contributed by atoms with Gasteiger partial charge >= 0.3 is 0 Å². The number of hydrogen-bond donors (Lipinski definition) is 3. The topological polar surface area (TPSA) is 121 Å². The molecule has 0 aliphatic heterocycles. The van der Waals surface area contributed by atoms with Gasteiger partial charge in [0.05, 0.1) is 46.2 Å². The van der Waals surface area contributed by atoms with Crippen LogP contribution in [0.15, 0.2) is 0 Å². The van der Waals surface area contributed by atoms with E-state index in [0.29, 0.717) is 46.2 Å². The van der Waals surface area contributed by atoms with Crippen LogP contribution >= 0.6 is 0 Å². The van der Waals surface area contributed by atoms with E-state index in [2.05, 4.69) is 31.4 Å². The molecule has 9 heteroatoms. The zero-order chi connectivity index (χ0) is 19.7. The molecule has 0 aliphatic carbocycles. The third-order valence-corrected chi connectivity index (χ3v) is 2.94. The minimum Gasteiger partial charge on any atom is -0.378 e. The maximum atomic E-state index is 11.4. The summed E-state index contributed by atoms with van der Waals surface area (Å²) in [5.74, 6) is -0.541. The van der Waals surface area contributed by atoms with Crippen molar-refractivity contribution in [3.63, 3.8) is 0 Å². The molecule has 0 radical (unpaired) electrons. The fraction of sp³-hybridized carbons (Fsp3) is 0.882. The SMILES string of the molecule is CC(C)(C)NCCOCCOCCOCCNC(=O)COCC(=O)CN. The van der Waals surface area contributed by atoms with E-state index in [1.807, 2.05) is 0 Å². The van der Waals surface area contributed by atoms with Crippen LogP contribution in [0.1, 0.15) is 20.8 Å². The van der Waals surface area contributed by atoms with Gasteiger partial charge in [-0.05, 0) is 20.8 Å². The molecule has 0 aromatic heterocycles. The second-order valence-electron chi connectivity index (χ2n) is 6.60. The van der Waals surface area contributed by atoms with E-state index in [-0.39, 0.29) is 37.0 Å². The molecule has 0 aliphatic rings. The second-order valence-corrected chi connectivity index (χ2v) is 6.60. The Bertz CT molecular complexity index is 374. The lowest BCUT2D eigenvalue weighted by Gasteiger charge is -2.20. The fourth-order valence-electron chi connectivity index (χ4n) is 1.67. The van der Waals surface area contributed by atoms with E-state index in [1.54, 1.807) is 0 Å². The normalized spacial score (nSPS) is 11.5. The zero-order valence-corrected chi connectivity index (χ0v) is 16.3. The molecule has 0 saturated carbocycles. The molecule has 1 amide bonds. The van der Waals surface area contributed by atoms with Crippen LogP contribution in [0.2, 0.25) is 0 Å². The summed E-state index contributed by atoms with van der Waals surface area (Å²) < 4.78 is 21.0. The number of amides is 1. The molecule has 0 aromatic carbocycles. The molecule has 0 saturated heterocycles. The Morgan fingerprint density at radius 1 is 0.808 bits per heavy atom. The lowest BCUT2D eigenvalue weighted by atomic mass is 10.1. The standard InChI is InChI=1S/C17H35N3O6/c1-17(2,3)20-5-7-24-9-11-25-10-8-23-6-4-19-16(22)14-26-13-15(21)12-18/h20H,4-14,18H2,1-3H3,(H,19,22). The molecule has 0 bridgehead atoms. The van der Waals surface area contributed by atoms with Gasteiger partial charge in [-0.15, -0.1) is 0 Å². The van der Waals surface area contributed by atoms with E-state index >= 15 is 0 Å². The van der Waals surface area contributed by atoms with Crippen molar-refractivity contribution < 1.29 is 28.5 Å². The van der Waals surface area contributed by atoms with E-state index in [1.165, 1.54) is 0 Å². The van der Waals surface area contributed by atoms with Gasteiger partial charge in [0.25, 0.3) is 0 Å². The number of carbonyl (C=O) groups is 2. The smallest absolute Gasteiger partial charge is 0.246 e. The van der Waals surface area contributed by atoms with Gasteiger partial charge < -0.3 is 35.3 Å². The molecule has 0 rings (SSSR count). The molecule has 26 heavy (non-hydrogen) atoms. The summed E-state index contributed by atoms with van der Waals surface area (Å²) in [6.07, 6.45) is 0. The van der Waals surface area contributed by atoms with E-state index < -0.39 is 0 Å². The molecule has 0 unspecified atom stereocenters. The van der Waals surface area contributed by atoms with Gasteiger partial charge in [-0.2, -0.15) is 0 Å². The Morgan fingerprint density at radius 2 is 1.35 bits per heavy atom. The quantitative estimate of drug-likeness (QED) is 0.279. The summed E-state index contributed by atoms with van der Waals surface area (Å²) in [6, 6.07) is 0. The van der Waals surface area contributed by atoms with E-state index in [9.17, 15) is 9.59 Å². The first-order valence-electron chi connectivity index (χ1n) is 8.89. The first-order valence-corrected chi connectivity index (χ1v) is 8.89. The minimum absolute atomic E-state index is 0.0853. The summed E-state index contributed by atoms with van der Waals surface area (Å²) >= 11 is 0. The van der Waals surface area contributed by atoms with Crippen molar-refractivity contribution >= 4 is 11.7 Å². The van der Waals surface area contributed by atoms with Gasteiger partial charge in [-0.3, -0.25) is 9.59 Å². The number of nitrogens with two attached hydrogens (primary N) is 1. The van der Waals surface area contributed by atoms with E-state index in [4.69, 9.17) is 24.7 Å². The van der Waals surface area contributed by atoms with Crippen molar-refractivity contribution in [3.8, 4) is 0 Å². The highest BCUT2D eigenvalue weighted by Crippen LogP contribution is 1.96. The number of hydrogen-bond acceptors (Lipinski definition) is 8. The number of ketones is 1. The van der Waals surface area contributed by atoms with Gasteiger partial charge in [-0.1, -0.05) is 0 Å². The molecule has 0 fully saturated rings. The highest BCUT2D eigenvalue weighted by Gasteiger charge is 2.07. The monoisotopic (exact) mass is 377 g/mol. The summed E-state index contributed by atoms with van der Waals surface area (Å²) in [5.41, 5.74) is 5.23. The van der Waals surface area contributed by atoms with Crippen LogP contribution in [0.5, 0.6) is 0 Å². The number of nitrogens with one attached hydrogen (secondary N) is 2. The average molecular weight is 377 g/mol. The zero-order valence-electron chi connectivity index (χ0n) is 16.3. The molecule has 9 nitrogen and oxygen atoms in total. The molecular weight excluding hydrogens is 342 g/mol. The van der Waals surface area contributed by atoms with Crippen LogP contribution in [0.3, 0.4) is 0 Å². The highest BCUT2D eigenvalue weighted by molar-refractivity contribution is 5.82. The van der Waals surface area contributed by atoms with Crippen LogP contribution < -0.4 is 16.4 Å². The van der Waals surface area contributed by atoms with Gasteiger partial charge in [0, 0.05) is 18.6 Å². The first-order chi connectivity index (χ1) is 12.3. The predicted octanol–water partition coefficient (Wildman–Crippen LogP) is -0.915. The average Bonchev–Trinajstić information content (AvgIpc) is 2.57. The van der Waals surface area contributed by atoms with Crippen LogP contribution in [0, 0.1) is 0 Å². The first kappa shape index (κ1) is 24.9. The summed E-state index contributed by atoms with van der Waals surface area (Å²) in [5, 5.41) is 5.95. The maximum absolute atomic E-state index is 11.4. The van der Waals surface area contributed by atoms with Crippen molar-refractivity contribution in [1.82, 2.24) is 10.6 Å². The lowest BCUT2D eigenvalue weighted by Crippen LogP contribution is -2.38. The summed E-state index contributed by atoms with van der Waals surface area (Å²) in [6.45, 7) is 10.2. The van der Waals surface area contributed by atoms with Crippen LogP contribution in [0.25, 0.3) is 0 Å². The molecular formula is C17H35N3O6. The molecule has 0 aromatic rings. The van der Waals surface area contributed by atoms with E-state index in [0.717, 1.165) is 6.54 Å². The lowest BCUT2D eigenvalue weighted by molar-refractivity contribution is -0.129. The van der Waals surface area contributed by atoms with Crippen molar-refractivity contribution in [2.24, 2.45) is 5.73 Å². The third kappa shape index (κ3) is 19.2. The highest BCUT2D eigenvalue weighted by atomic mass is 16.5. The summed E-state index contributed by atoms with van der Waals surface area (Å²) in [4.78, 5) is 22.3. The Balaban J connectivity index is 3.22. The molecule has 4 N–H and O–H groups in total. The Hall–Kier alpha value is -1.10. The number of Topliss-reactive ketones (excluding diaryl/α,β-unsaturated/α-hetero) is 1. The summed E-state index contributed by atoms with van der Waals surface area (Å²) in [7, 11) is 0. The number of ether oxygens (including phenoxy) is 4. The predicted molar refractivity (Wildman–Crippen MR) is 98.1 cm³/mol. The van der Waals surface area contributed by atoms with Crippen LogP contribution in [-0.4, -0.2) is 89.7 Å². The molecule has 154 valence electrons. The van der Waals surface area contributed by atoms with Crippen LogP contribution in [-0.2, 0) is 28.5 Å².